The van der Waals surface area contributed by atoms with Crippen LogP contribution in [0.15, 0.2) is 45.1 Å². The van der Waals surface area contributed by atoms with Crippen molar-refractivity contribution in [3.8, 4) is 6.07 Å². The first kappa shape index (κ1) is 21.8. The van der Waals surface area contributed by atoms with Crippen molar-refractivity contribution < 1.29 is 26.4 Å². The summed E-state index contributed by atoms with van der Waals surface area (Å²) in [6.07, 6.45) is -3.09. The molecule has 0 aromatic heterocycles. The molecular weight excluding hydrogens is 447 g/mol. The van der Waals surface area contributed by atoms with Crippen LogP contribution in [0.1, 0.15) is 16.7 Å². The summed E-state index contributed by atoms with van der Waals surface area (Å²) in [6.45, 7) is 2.31. The van der Waals surface area contributed by atoms with Crippen LogP contribution in [-0.2, 0) is 14.8 Å². The van der Waals surface area contributed by atoms with Gasteiger partial charge < -0.3 is 0 Å². The van der Waals surface area contributed by atoms with Gasteiger partial charge in [0.1, 0.15) is 5.03 Å². The Balaban J connectivity index is 1.85. The normalized spacial score (nSPS) is 17.0. The number of nitrogens with one attached hydrogen (secondary N) is 1. The van der Waals surface area contributed by atoms with Gasteiger partial charge in [0.25, 0.3) is 15.9 Å². The molecule has 1 N–H and O–H groups in total. The smallest absolute Gasteiger partial charge is 0.266 e. The van der Waals surface area contributed by atoms with E-state index in [-0.39, 0.29) is 31.8 Å². The SMILES string of the molecule is Cc1cc(S(=O)(=O)NC(=O)C2=C[N+]3CN(C(F)(F)F)C=C(Cl)C3=N2)c(C)cc1C#N. The van der Waals surface area contributed by atoms with Crippen LogP contribution in [0.5, 0.6) is 0 Å². The molecule has 1 radical (unpaired) electrons. The van der Waals surface area contributed by atoms with Gasteiger partial charge in [-0.1, -0.05) is 16.5 Å². The van der Waals surface area contributed by atoms with Crippen molar-refractivity contribution >= 4 is 33.4 Å². The molecule has 0 atom stereocenters. The molecule has 13 heteroatoms. The van der Waals surface area contributed by atoms with Gasteiger partial charge in [0.2, 0.25) is 6.67 Å². The standard InChI is InChI=1S/C17H13ClF3N5O3S/c1-9-4-14(10(2)3-11(9)5-22)30(28,29)24-16(27)13-7-25-8-26(17(19,20)21)6-12(18)15(25)23-13/h3-4,6-7H,8H2,1-2H3,(H,24,27)/q+1. The van der Waals surface area contributed by atoms with E-state index in [1.54, 1.807) is 6.92 Å². The first-order chi connectivity index (χ1) is 13.8. The fourth-order valence-corrected chi connectivity index (χ4v) is 4.35. The Labute approximate surface area is 174 Å². The van der Waals surface area contributed by atoms with E-state index in [9.17, 15) is 26.4 Å². The molecular formula is C17H13ClF3N5O3S+. The number of amidine groups is 1. The summed E-state index contributed by atoms with van der Waals surface area (Å²) in [7, 11) is -4.33. The molecule has 0 aliphatic carbocycles. The van der Waals surface area contributed by atoms with Crippen LogP contribution in [0.25, 0.3) is 0 Å². The van der Waals surface area contributed by atoms with Gasteiger partial charge >= 0.3 is 12.1 Å². The molecule has 1 aromatic carbocycles. The lowest BCUT2D eigenvalue weighted by Crippen LogP contribution is -2.48. The topological polar surface area (TPSA) is 109 Å². The van der Waals surface area contributed by atoms with Gasteiger partial charge in [0, 0.05) is 6.20 Å². The van der Waals surface area contributed by atoms with E-state index in [0.29, 0.717) is 11.8 Å². The van der Waals surface area contributed by atoms with Gasteiger partial charge in [0.05, 0.1) is 16.5 Å². The number of fused-ring (bicyclic) bond motifs is 1. The number of halogens is 4. The molecule has 0 spiro atoms. The van der Waals surface area contributed by atoms with Crippen LogP contribution in [0.4, 0.5) is 13.2 Å². The number of carbonyl (C=O) groups excluding carboxylic acids is 1. The highest BCUT2D eigenvalue weighted by atomic mass is 35.5. The number of nitrogens with zero attached hydrogens (tertiary/aromatic N) is 4. The number of rotatable bonds is 3. The van der Waals surface area contributed by atoms with Gasteiger partial charge in [0.15, 0.2) is 11.9 Å². The lowest BCUT2D eigenvalue weighted by Gasteiger charge is -2.25. The van der Waals surface area contributed by atoms with Crippen LogP contribution in [0.3, 0.4) is 0 Å². The van der Waals surface area contributed by atoms with Crippen LogP contribution in [-0.4, -0.2) is 38.0 Å². The summed E-state index contributed by atoms with van der Waals surface area (Å²) in [5.74, 6) is -1.24. The molecule has 0 saturated carbocycles. The average Bonchev–Trinajstić information content (AvgIpc) is 3.07. The maximum Gasteiger partial charge on any atom is 0.488 e. The Morgan fingerprint density at radius 3 is 2.60 bits per heavy atom. The summed E-state index contributed by atoms with van der Waals surface area (Å²) < 4.78 is 65.9. The number of hydrogen-bond donors (Lipinski definition) is 1. The monoisotopic (exact) mass is 459 g/mol. The van der Waals surface area contributed by atoms with E-state index in [1.807, 2.05) is 10.8 Å². The van der Waals surface area contributed by atoms with E-state index in [1.165, 1.54) is 19.1 Å². The third-order valence-electron chi connectivity index (χ3n) is 4.28. The third-order valence-corrected chi connectivity index (χ3v) is 6.02. The van der Waals surface area contributed by atoms with Gasteiger partial charge in [-0.05, 0) is 37.1 Å². The van der Waals surface area contributed by atoms with Crippen LogP contribution >= 0.6 is 11.6 Å². The highest BCUT2D eigenvalue weighted by molar-refractivity contribution is 7.90. The van der Waals surface area contributed by atoms with E-state index in [4.69, 9.17) is 16.9 Å². The average molecular weight is 460 g/mol. The molecule has 3 rings (SSSR count). The lowest BCUT2D eigenvalue weighted by atomic mass is 10.1. The first-order valence-corrected chi connectivity index (χ1v) is 10.1. The van der Waals surface area contributed by atoms with Crippen molar-refractivity contribution in [1.82, 2.24) is 14.5 Å². The second kappa shape index (κ2) is 7.42. The number of hydrogen-bond acceptors (Lipinski definition) is 7. The Kier molecular flexibility index (Phi) is 5.40. The fourth-order valence-electron chi connectivity index (χ4n) is 2.81. The van der Waals surface area contributed by atoms with Crippen LogP contribution < -0.4 is 9.62 Å². The van der Waals surface area contributed by atoms with E-state index in [0.717, 1.165) is 11.1 Å². The number of aliphatic imine (C=N–C) groups is 1. The predicted molar refractivity (Wildman–Crippen MR) is 100 cm³/mol. The molecule has 1 amide bonds. The van der Waals surface area contributed by atoms with Gasteiger partial charge in [-0.3, -0.25) is 4.79 Å². The van der Waals surface area contributed by atoms with Crippen molar-refractivity contribution in [2.24, 2.45) is 4.99 Å². The number of amides is 1. The molecule has 0 saturated heterocycles. The zero-order valence-electron chi connectivity index (χ0n) is 15.5. The van der Waals surface area contributed by atoms with E-state index >= 15 is 0 Å². The van der Waals surface area contributed by atoms with E-state index < -0.39 is 34.6 Å². The second-order valence-electron chi connectivity index (χ2n) is 6.45. The Morgan fingerprint density at radius 2 is 2.00 bits per heavy atom. The minimum Gasteiger partial charge on any atom is -0.266 e. The molecule has 2 aliphatic heterocycles. The van der Waals surface area contributed by atoms with Gasteiger partial charge in [-0.25, -0.2) is 18.0 Å². The van der Waals surface area contributed by atoms with Crippen LogP contribution in [0.2, 0.25) is 0 Å². The minimum absolute atomic E-state index is 0.00860. The molecule has 1 aromatic rings. The van der Waals surface area contributed by atoms with E-state index in [2.05, 4.69) is 4.99 Å². The number of sulfonamides is 1. The summed E-state index contributed by atoms with van der Waals surface area (Å²) >= 11 is 5.82. The number of carbonyl (C=O) groups is 1. The highest BCUT2D eigenvalue weighted by Crippen LogP contribution is 2.30. The maximum absolute atomic E-state index is 12.9. The molecule has 2 aliphatic rings. The number of alkyl halides is 3. The van der Waals surface area contributed by atoms with Gasteiger partial charge in [-0.2, -0.15) is 10.3 Å². The maximum atomic E-state index is 12.9. The van der Waals surface area contributed by atoms with Crippen LogP contribution in [0, 0.1) is 25.2 Å². The van der Waals surface area contributed by atoms with Crippen molar-refractivity contribution in [1.29, 1.82) is 5.26 Å². The lowest BCUT2D eigenvalue weighted by molar-refractivity contribution is -0.230. The van der Waals surface area contributed by atoms with Crippen molar-refractivity contribution in [3.63, 3.8) is 0 Å². The van der Waals surface area contributed by atoms with Gasteiger partial charge in [-0.15, -0.1) is 13.2 Å². The summed E-state index contributed by atoms with van der Waals surface area (Å²) in [4.78, 5) is 17.0. The van der Waals surface area contributed by atoms with Crippen molar-refractivity contribution in [3.05, 3.63) is 52.0 Å². The quantitative estimate of drug-likeness (QED) is 0.551. The summed E-state index contributed by atoms with van der Waals surface area (Å²) in [6, 6.07) is 4.56. The largest absolute Gasteiger partial charge is 0.488 e. The Morgan fingerprint density at radius 1 is 1.33 bits per heavy atom. The number of aryl methyl sites for hydroxylation is 2. The zero-order valence-corrected chi connectivity index (χ0v) is 17.0. The van der Waals surface area contributed by atoms with Crippen molar-refractivity contribution in [2.75, 3.05) is 6.67 Å². The molecule has 2 heterocycles. The molecule has 8 nitrogen and oxygen atoms in total. The molecule has 0 fully saturated rings. The second-order valence-corrected chi connectivity index (χ2v) is 8.51. The minimum atomic E-state index is -4.70. The number of nitriles is 1. The number of benzene rings is 1. The predicted octanol–water partition coefficient (Wildman–Crippen LogP) is 2.25. The molecule has 30 heavy (non-hydrogen) atoms. The third kappa shape index (κ3) is 4.04. The Hall–Kier alpha value is -2.88. The molecule has 0 unspecified atom stereocenters. The summed E-state index contributed by atoms with van der Waals surface area (Å²) in [5.41, 5.74) is 0.508. The highest BCUT2D eigenvalue weighted by Gasteiger charge is 2.47. The first-order valence-electron chi connectivity index (χ1n) is 8.20. The Bertz CT molecular complexity index is 1180. The zero-order chi connectivity index (χ0) is 22.4. The summed E-state index contributed by atoms with van der Waals surface area (Å²) in [5, 5.41) is 8.67. The van der Waals surface area contributed by atoms with Crippen molar-refractivity contribution in [2.45, 2.75) is 25.0 Å². The molecule has 157 valence electrons. The fraction of sp³-hybridized carbons (Fsp3) is 0.235. The molecule has 0 bridgehead atoms.